The fourth-order valence-electron chi connectivity index (χ4n) is 3.73. The van der Waals surface area contributed by atoms with Gasteiger partial charge in [0.2, 0.25) is 5.88 Å². The molecule has 1 atom stereocenters. The van der Waals surface area contributed by atoms with E-state index in [4.69, 9.17) is 14.3 Å². The van der Waals surface area contributed by atoms with Gasteiger partial charge in [0.15, 0.2) is 5.82 Å². The Morgan fingerprint density at radius 2 is 2.12 bits per heavy atom. The van der Waals surface area contributed by atoms with E-state index in [1.54, 1.807) is 19.4 Å². The number of hydrogen-bond acceptors (Lipinski definition) is 8. The van der Waals surface area contributed by atoms with Crippen molar-refractivity contribution in [3.8, 4) is 11.6 Å². The van der Waals surface area contributed by atoms with E-state index in [9.17, 15) is 4.79 Å². The van der Waals surface area contributed by atoms with Crippen molar-refractivity contribution >= 4 is 23.1 Å². The summed E-state index contributed by atoms with van der Waals surface area (Å²) in [6.45, 7) is 1.08. The second-order valence-electron chi connectivity index (χ2n) is 7.55. The summed E-state index contributed by atoms with van der Waals surface area (Å²) < 4.78 is 11.2. The number of benzene rings is 1. The van der Waals surface area contributed by atoms with E-state index >= 15 is 0 Å². The number of carbonyl (C=O) groups is 1. The normalized spacial score (nSPS) is 17.1. The van der Waals surface area contributed by atoms with Crippen molar-refractivity contribution in [2.75, 3.05) is 30.5 Å². The molecule has 3 aromatic rings. The number of nitrogens with one attached hydrogen (secondary N) is 2. The van der Waals surface area contributed by atoms with Gasteiger partial charge in [-0.15, -0.1) is 0 Å². The van der Waals surface area contributed by atoms with Gasteiger partial charge in [-0.3, -0.25) is 19.5 Å². The molecule has 0 bridgehead atoms. The van der Waals surface area contributed by atoms with Gasteiger partial charge in [-0.25, -0.2) is 0 Å². The van der Waals surface area contributed by atoms with Gasteiger partial charge < -0.3 is 14.8 Å². The molecular formula is C23H23N5O4. The van der Waals surface area contributed by atoms with E-state index in [1.807, 2.05) is 42.5 Å². The number of hydroxylamine groups is 1. The highest BCUT2D eigenvalue weighted by molar-refractivity contribution is 6.07. The average Bonchev–Trinajstić information content (AvgIpc) is 2.84. The number of carbonyl (C=O) groups excluding carboxylic acids is 1. The van der Waals surface area contributed by atoms with Crippen LogP contribution in [-0.2, 0) is 22.7 Å². The Balaban J connectivity index is 1.30. The van der Waals surface area contributed by atoms with Crippen LogP contribution in [0.2, 0.25) is 0 Å². The molecular weight excluding hydrogens is 410 g/mol. The molecule has 4 heterocycles. The summed E-state index contributed by atoms with van der Waals surface area (Å²) in [5.41, 5.74) is 6.31. The third kappa shape index (κ3) is 4.08. The SMILES string of the molecule is COc1ccc2c(n1)N(c1cnc3c(c1)OCC(NOCc1ccccc1)C3)C(=O)CN2. The number of methoxy groups -OCH3 is 1. The Hall–Kier alpha value is -3.69. The molecule has 1 unspecified atom stereocenters. The first-order valence-corrected chi connectivity index (χ1v) is 10.4. The van der Waals surface area contributed by atoms with E-state index in [0.29, 0.717) is 42.8 Å². The lowest BCUT2D eigenvalue weighted by atomic mass is 10.1. The molecule has 164 valence electrons. The van der Waals surface area contributed by atoms with Gasteiger partial charge >= 0.3 is 0 Å². The molecule has 5 rings (SSSR count). The molecule has 2 aliphatic rings. The number of nitrogens with zero attached hydrogens (tertiary/aromatic N) is 3. The van der Waals surface area contributed by atoms with E-state index in [-0.39, 0.29) is 18.5 Å². The van der Waals surface area contributed by atoms with Crippen molar-refractivity contribution in [1.82, 2.24) is 15.4 Å². The van der Waals surface area contributed by atoms with Crippen molar-refractivity contribution in [2.24, 2.45) is 0 Å². The second kappa shape index (κ2) is 8.81. The van der Waals surface area contributed by atoms with Crippen LogP contribution in [0.25, 0.3) is 0 Å². The maximum absolute atomic E-state index is 12.7. The highest BCUT2D eigenvalue weighted by atomic mass is 16.6. The molecule has 2 N–H and O–H groups in total. The molecule has 0 saturated carbocycles. The van der Waals surface area contributed by atoms with Crippen LogP contribution in [0.5, 0.6) is 11.6 Å². The minimum atomic E-state index is -0.135. The van der Waals surface area contributed by atoms with Crippen molar-refractivity contribution in [3.05, 3.63) is 66.0 Å². The fourth-order valence-corrected chi connectivity index (χ4v) is 3.73. The molecule has 1 aromatic carbocycles. The molecule has 0 radical (unpaired) electrons. The molecule has 1 amide bonds. The summed E-state index contributed by atoms with van der Waals surface area (Å²) in [6.07, 6.45) is 2.33. The summed E-state index contributed by atoms with van der Waals surface area (Å²) in [6, 6.07) is 15.4. The zero-order chi connectivity index (χ0) is 21.9. The van der Waals surface area contributed by atoms with Gasteiger partial charge in [-0.1, -0.05) is 30.3 Å². The second-order valence-corrected chi connectivity index (χ2v) is 7.55. The Kier molecular flexibility index (Phi) is 5.57. The smallest absolute Gasteiger partial charge is 0.252 e. The first kappa shape index (κ1) is 20.2. The molecule has 9 heteroatoms. The Morgan fingerprint density at radius 1 is 1.25 bits per heavy atom. The number of hydrogen-bond donors (Lipinski definition) is 2. The Bertz CT molecular complexity index is 1120. The van der Waals surface area contributed by atoms with Crippen LogP contribution in [0.15, 0.2) is 54.7 Å². The van der Waals surface area contributed by atoms with Crippen molar-refractivity contribution < 1.29 is 19.1 Å². The first-order chi connectivity index (χ1) is 15.7. The highest BCUT2D eigenvalue weighted by Gasteiger charge is 2.29. The lowest BCUT2D eigenvalue weighted by molar-refractivity contribution is -0.116. The summed E-state index contributed by atoms with van der Waals surface area (Å²) in [7, 11) is 1.54. The number of amides is 1. The standard InChI is InChI=1S/C23H23N5O4/c1-30-21-8-7-18-23(26-21)28(22(29)12-25-18)17-10-20-19(24-11-17)9-16(14-31-20)27-32-13-15-5-3-2-4-6-15/h2-8,10-11,16,25,27H,9,12-14H2,1H3. The summed E-state index contributed by atoms with van der Waals surface area (Å²) in [5.74, 6) is 1.42. The van der Waals surface area contributed by atoms with Crippen LogP contribution >= 0.6 is 0 Å². The van der Waals surface area contributed by atoms with E-state index in [1.165, 1.54) is 4.90 Å². The highest BCUT2D eigenvalue weighted by Crippen LogP contribution is 2.37. The Morgan fingerprint density at radius 3 is 2.97 bits per heavy atom. The largest absolute Gasteiger partial charge is 0.490 e. The summed E-state index contributed by atoms with van der Waals surface area (Å²) in [5, 5.41) is 3.08. The van der Waals surface area contributed by atoms with Crippen molar-refractivity contribution in [2.45, 2.75) is 19.1 Å². The number of ether oxygens (including phenoxy) is 2. The molecule has 0 aliphatic carbocycles. The molecule has 0 saturated heterocycles. The fraction of sp³-hybridized carbons (Fsp3) is 0.261. The van der Waals surface area contributed by atoms with E-state index in [2.05, 4.69) is 20.8 Å². The topological polar surface area (TPSA) is 97.8 Å². The monoisotopic (exact) mass is 433 g/mol. The first-order valence-electron chi connectivity index (χ1n) is 10.4. The van der Waals surface area contributed by atoms with Gasteiger partial charge in [-0.05, 0) is 11.6 Å². The van der Waals surface area contributed by atoms with Gasteiger partial charge in [0.25, 0.3) is 5.91 Å². The van der Waals surface area contributed by atoms with Crippen molar-refractivity contribution in [3.63, 3.8) is 0 Å². The van der Waals surface area contributed by atoms with Crippen LogP contribution in [0.1, 0.15) is 11.3 Å². The number of aromatic nitrogens is 2. The van der Waals surface area contributed by atoms with Gasteiger partial charge in [0.05, 0.1) is 49.6 Å². The van der Waals surface area contributed by atoms with Crippen LogP contribution in [0.4, 0.5) is 17.2 Å². The molecule has 0 fully saturated rings. The minimum absolute atomic E-state index is 0.0166. The number of anilines is 3. The zero-order valence-corrected chi connectivity index (χ0v) is 17.6. The van der Waals surface area contributed by atoms with Gasteiger partial charge in [0.1, 0.15) is 12.4 Å². The maximum atomic E-state index is 12.7. The van der Waals surface area contributed by atoms with E-state index < -0.39 is 0 Å². The van der Waals surface area contributed by atoms with Crippen LogP contribution in [0, 0.1) is 0 Å². The van der Waals surface area contributed by atoms with Gasteiger partial charge in [-0.2, -0.15) is 10.5 Å². The number of pyridine rings is 2. The third-order valence-electron chi connectivity index (χ3n) is 5.34. The summed E-state index contributed by atoms with van der Waals surface area (Å²) in [4.78, 5) is 28.9. The number of rotatable bonds is 6. The van der Waals surface area contributed by atoms with E-state index in [0.717, 1.165) is 16.9 Å². The van der Waals surface area contributed by atoms with Crippen LogP contribution in [0.3, 0.4) is 0 Å². The molecule has 2 aromatic heterocycles. The lowest BCUT2D eigenvalue weighted by Crippen LogP contribution is -2.40. The quantitative estimate of drug-likeness (QED) is 0.573. The summed E-state index contributed by atoms with van der Waals surface area (Å²) >= 11 is 0. The van der Waals surface area contributed by atoms with Gasteiger partial charge in [0, 0.05) is 18.6 Å². The minimum Gasteiger partial charge on any atom is -0.490 e. The van der Waals surface area contributed by atoms with Crippen molar-refractivity contribution in [1.29, 1.82) is 0 Å². The molecule has 0 spiro atoms. The predicted molar refractivity (Wildman–Crippen MR) is 118 cm³/mol. The average molecular weight is 433 g/mol. The zero-order valence-electron chi connectivity index (χ0n) is 17.6. The predicted octanol–water partition coefficient (Wildman–Crippen LogP) is 2.60. The lowest BCUT2D eigenvalue weighted by Gasteiger charge is -2.30. The molecule has 9 nitrogen and oxygen atoms in total. The third-order valence-corrected chi connectivity index (χ3v) is 5.34. The maximum Gasteiger partial charge on any atom is 0.252 e. The Labute approximate surface area is 185 Å². The van der Waals surface area contributed by atoms with Crippen LogP contribution in [-0.4, -0.2) is 42.2 Å². The van der Waals surface area contributed by atoms with Crippen LogP contribution < -0.4 is 25.2 Å². The number of fused-ring (bicyclic) bond motifs is 2. The molecule has 2 aliphatic heterocycles. The molecule has 32 heavy (non-hydrogen) atoms.